The Balaban J connectivity index is 1.66. The minimum atomic E-state index is -4.03. The van der Waals surface area contributed by atoms with Gasteiger partial charge in [0.1, 0.15) is 17.3 Å². The highest BCUT2D eigenvalue weighted by molar-refractivity contribution is 7.93. The fourth-order valence-corrected chi connectivity index (χ4v) is 3.64. The second-order valence-corrected chi connectivity index (χ2v) is 8.62. The third-order valence-electron chi connectivity index (χ3n) is 3.91. The van der Waals surface area contributed by atoms with E-state index in [0.29, 0.717) is 17.3 Å². The summed E-state index contributed by atoms with van der Waals surface area (Å²) in [5, 5.41) is 13.3. The van der Waals surface area contributed by atoms with Crippen LogP contribution in [0, 0.1) is 12.7 Å². The van der Waals surface area contributed by atoms with Crippen LogP contribution in [0.1, 0.15) is 19.7 Å². The van der Waals surface area contributed by atoms with E-state index in [-0.39, 0.29) is 17.5 Å². The van der Waals surface area contributed by atoms with Crippen molar-refractivity contribution in [1.29, 1.82) is 0 Å². The lowest BCUT2D eigenvalue weighted by atomic mass is 10.2. The van der Waals surface area contributed by atoms with Crippen LogP contribution < -0.4 is 14.8 Å². The van der Waals surface area contributed by atoms with E-state index < -0.39 is 27.5 Å². The van der Waals surface area contributed by atoms with Crippen molar-refractivity contribution in [2.24, 2.45) is 0 Å². The monoisotopic (exact) mass is 448 g/mol. The van der Waals surface area contributed by atoms with Crippen LogP contribution in [0.25, 0.3) is 5.69 Å². The molecule has 164 valence electrons. The van der Waals surface area contributed by atoms with Crippen LogP contribution in [0.4, 0.5) is 15.8 Å². The van der Waals surface area contributed by atoms with Crippen molar-refractivity contribution >= 4 is 27.3 Å². The minimum absolute atomic E-state index is 0.0186. The number of tetrazole rings is 1. The van der Waals surface area contributed by atoms with Crippen LogP contribution in [0.5, 0.6) is 5.75 Å². The highest BCUT2D eigenvalue weighted by atomic mass is 32.2. The number of aromatic nitrogens is 4. The smallest absolute Gasteiger partial charge is 0.241 e. The number of hydrogen-bond donors (Lipinski definition) is 2. The van der Waals surface area contributed by atoms with Crippen molar-refractivity contribution in [2.45, 2.75) is 26.9 Å². The summed E-state index contributed by atoms with van der Waals surface area (Å²) in [7, 11) is -4.03. The number of amides is 1. The van der Waals surface area contributed by atoms with Crippen molar-refractivity contribution in [3.8, 4) is 11.4 Å². The second-order valence-electron chi connectivity index (χ2n) is 6.90. The molecule has 0 radical (unpaired) electrons. The average molecular weight is 448 g/mol. The highest BCUT2D eigenvalue weighted by Crippen LogP contribution is 2.20. The van der Waals surface area contributed by atoms with Crippen molar-refractivity contribution < 1.29 is 22.3 Å². The van der Waals surface area contributed by atoms with Crippen molar-refractivity contribution in [2.75, 3.05) is 15.8 Å². The maximum absolute atomic E-state index is 14.1. The number of carbonyl (C=O) groups is 1. The van der Waals surface area contributed by atoms with Gasteiger partial charge in [-0.2, -0.15) is 4.68 Å². The molecule has 0 aliphatic rings. The van der Waals surface area contributed by atoms with E-state index in [4.69, 9.17) is 4.74 Å². The second kappa shape index (κ2) is 9.08. The van der Waals surface area contributed by atoms with Crippen LogP contribution in [-0.2, 0) is 14.8 Å². The predicted octanol–water partition coefficient (Wildman–Crippen LogP) is 2.28. The number of rotatable bonds is 8. The van der Waals surface area contributed by atoms with Gasteiger partial charge in [0.2, 0.25) is 15.9 Å². The molecule has 0 aliphatic carbocycles. The lowest BCUT2D eigenvalue weighted by molar-refractivity contribution is -0.113. The minimum Gasteiger partial charge on any atom is -0.491 e. The molecule has 0 saturated carbocycles. The fourth-order valence-electron chi connectivity index (χ4n) is 2.66. The molecular weight excluding hydrogens is 427 g/mol. The summed E-state index contributed by atoms with van der Waals surface area (Å²) >= 11 is 0. The quantitative estimate of drug-likeness (QED) is 0.541. The number of sulfonamides is 1. The first-order chi connectivity index (χ1) is 14.6. The third-order valence-corrected chi connectivity index (χ3v) is 5.10. The number of aryl methyl sites for hydroxylation is 1. The molecule has 3 rings (SSSR count). The molecule has 2 N–H and O–H groups in total. The van der Waals surface area contributed by atoms with Gasteiger partial charge >= 0.3 is 0 Å². The van der Waals surface area contributed by atoms with Crippen LogP contribution in [0.3, 0.4) is 0 Å². The van der Waals surface area contributed by atoms with Crippen LogP contribution >= 0.6 is 0 Å². The molecule has 0 unspecified atom stereocenters. The first-order valence-corrected chi connectivity index (χ1v) is 10.9. The van der Waals surface area contributed by atoms with Crippen molar-refractivity contribution in [3.05, 3.63) is 54.1 Å². The molecule has 1 aromatic heterocycles. The van der Waals surface area contributed by atoms with Gasteiger partial charge in [0.15, 0.2) is 5.82 Å². The molecule has 1 amide bonds. The molecule has 0 spiro atoms. The van der Waals surface area contributed by atoms with Gasteiger partial charge in [0.25, 0.3) is 0 Å². The van der Waals surface area contributed by atoms with Gasteiger partial charge in [-0.3, -0.25) is 9.52 Å². The molecular formula is C19H21FN6O4S. The zero-order valence-electron chi connectivity index (χ0n) is 17.0. The molecule has 0 saturated heterocycles. The zero-order valence-corrected chi connectivity index (χ0v) is 17.9. The maximum atomic E-state index is 14.1. The van der Waals surface area contributed by atoms with Crippen LogP contribution in [0.2, 0.25) is 0 Å². The number of benzene rings is 2. The summed E-state index contributed by atoms with van der Waals surface area (Å²) in [5.74, 6) is -1.49. The number of nitrogens with zero attached hydrogens (tertiary/aromatic N) is 4. The lowest BCUT2D eigenvalue weighted by Crippen LogP contribution is -2.27. The van der Waals surface area contributed by atoms with E-state index in [9.17, 15) is 17.6 Å². The van der Waals surface area contributed by atoms with E-state index in [2.05, 4.69) is 25.6 Å². The van der Waals surface area contributed by atoms with Gasteiger partial charge in [-0.15, -0.1) is 5.10 Å². The SMILES string of the molecule is Cc1nnnn1-c1ccc(F)c(NC(=O)CS(=O)(=O)Nc2ccc(OC(C)C)cc2)c1. The standard InChI is InChI=1S/C19H21FN6O4S/c1-12(2)30-16-7-4-14(5-8-16)23-31(28,29)11-19(27)21-18-10-15(6-9-17(18)20)26-13(3)22-24-25-26/h4-10,12,23H,11H2,1-3H3,(H,21,27). The number of ether oxygens (including phenoxy) is 1. The first kappa shape index (κ1) is 22.2. The summed E-state index contributed by atoms with van der Waals surface area (Å²) < 4.78 is 47.9. The van der Waals surface area contributed by atoms with E-state index in [1.165, 1.54) is 28.9 Å². The average Bonchev–Trinajstić information content (AvgIpc) is 3.10. The number of hydrogen-bond acceptors (Lipinski definition) is 7. The maximum Gasteiger partial charge on any atom is 0.241 e. The molecule has 0 bridgehead atoms. The fraction of sp³-hybridized carbons (Fsp3) is 0.263. The van der Waals surface area contributed by atoms with Gasteiger partial charge < -0.3 is 10.1 Å². The van der Waals surface area contributed by atoms with Gasteiger partial charge in [-0.25, -0.2) is 12.8 Å². The van der Waals surface area contributed by atoms with Gasteiger partial charge in [-0.05, 0) is 73.7 Å². The van der Waals surface area contributed by atoms with Crippen LogP contribution in [0.15, 0.2) is 42.5 Å². The molecule has 2 aromatic carbocycles. The summed E-state index contributed by atoms with van der Waals surface area (Å²) in [5.41, 5.74) is 0.484. The molecule has 10 nitrogen and oxygen atoms in total. The highest BCUT2D eigenvalue weighted by Gasteiger charge is 2.19. The molecule has 0 aliphatic heterocycles. The van der Waals surface area contributed by atoms with E-state index >= 15 is 0 Å². The Morgan fingerprint density at radius 1 is 1.19 bits per heavy atom. The Bertz CT molecular complexity index is 1180. The summed E-state index contributed by atoms with van der Waals surface area (Å²) in [6.45, 7) is 5.40. The summed E-state index contributed by atoms with van der Waals surface area (Å²) in [6.07, 6.45) is -0.0186. The topological polar surface area (TPSA) is 128 Å². The Kier molecular flexibility index (Phi) is 6.49. The number of carbonyl (C=O) groups excluding carboxylic acids is 1. The molecule has 12 heteroatoms. The largest absolute Gasteiger partial charge is 0.491 e. The van der Waals surface area contributed by atoms with Gasteiger partial charge in [-0.1, -0.05) is 0 Å². The van der Waals surface area contributed by atoms with E-state index in [0.717, 1.165) is 6.07 Å². The number of halogens is 1. The lowest BCUT2D eigenvalue weighted by Gasteiger charge is -2.12. The summed E-state index contributed by atoms with van der Waals surface area (Å²) in [4.78, 5) is 12.2. The Hall–Kier alpha value is -3.54. The van der Waals surface area contributed by atoms with E-state index in [1.54, 1.807) is 19.1 Å². The molecule has 0 atom stereocenters. The normalized spacial score (nSPS) is 11.4. The number of nitrogens with one attached hydrogen (secondary N) is 2. The van der Waals surface area contributed by atoms with Gasteiger partial charge in [0.05, 0.1) is 17.5 Å². The Morgan fingerprint density at radius 2 is 1.90 bits per heavy atom. The van der Waals surface area contributed by atoms with Crippen LogP contribution in [-0.4, -0.2) is 46.4 Å². The predicted molar refractivity (Wildman–Crippen MR) is 112 cm³/mol. The van der Waals surface area contributed by atoms with Crippen molar-refractivity contribution in [3.63, 3.8) is 0 Å². The summed E-state index contributed by atoms with van der Waals surface area (Å²) in [6, 6.07) is 10.1. The molecule has 31 heavy (non-hydrogen) atoms. The Labute approximate surface area is 178 Å². The van der Waals surface area contributed by atoms with Crippen molar-refractivity contribution in [1.82, 2.24) is 20.2 Å². The molecule has 0 fully saturated rings. The zero-order chi connectivity index (χ0) is 22.6. The number of anilines is 2. The molecule has 1 heterocycles. The van der Waals surface area contributed by atoms with E-state index in [1.807, 2.05) is 13.8 Å². The molecule has 3 aromatic rings. The third kappa shape index (κ3) is 5.98. The Morgan fingerprint density at radius 3 is 2.52 bits per heavy atom. The first-order valence-electron chi connectivity index (χ1n) is 9.25. The van der Waals surface area contributed by atoms with Gasteiger partial charge in [0, 0.05) is 5.69 Å².